The van der Waals surface area contributed by atoms with Crippen molar-refractivity contribution in [2.45, 2.75) is 32.9 Å². The molecule has 0 saturated carbocycles. The van der Waals surface area contributed by atoms with Gasteiger partial charge in [0.2, 0.25) is 5.91 Å². The number of methoxy groups -OCH3 is 2. The van der Waals surface area contributed by atoms with Gasteiger partial charge in [-0.15, -0.1) is 11.3 Å². The minimum atomic E-state index is -0.282. The zero-order valence-corrected chi connectivity index (χ0v) is 20.2. The van der Waals surface area contributed by atoms with Crippen LogP contribution in [0.15, 0.2) is 66.0 Å². The van der Waals surface area contributed by atoms with Crippen LogP contribution in [-0.4, -0.2) is 26.7 Å². The molecule has 170 valence electrons. The van der Waals surface area contributed by atoms with Crippen molar-refractivity contribution in [3.63, 3.8) is 0 Å². The molecule has 2 N–H and O–H groups in total. The van der Waals surface area contributed by atoms with Gasteiger partial charge in [-0.1, -0.05) is 51.1 Å². The van der Waals surface area contributed by atoms with Gasteiger partial charge in [0.25, 0.3) is 0 Å². The van der Waals surface area contributed by atoms with Gasteiger partial charge in [-0.3, -0.25) is 4.79 Å². The zero-order chi connectivity index (χ0) is 23.1. The maximum absolute atomic E-state index is 13.0. The average molecular weight is 453 g/mol. The van der Waals surface area contributed by atoms with Crippen LogP contribution in [0.5, 0.6) is 11.5 Å². The van der Waals surface area contributed by atoms with Crippen molar-refractivity contribution in [3.8, 4) is 11.5 Å². The van der Waals surface area contributed by atoms with E-state index in [1.807, 2.05) is 54.6 Å². The highest BCUT2D eigenvalue weighted by molar-refractivity contribution is 7.10. The van der Waals surface area contributed by atoms with E-state index in [0.29, 0.717) is 0 Å². The number of amides is 1. The van der Waals surface area contributed by atoms with Crippen LogP contribution in [0, 0.1) is 5.41 Å². The third-order valence-electron chi connectivity index (χ3n) is 5.36. The van der Waals surface area contributed by atoms with Crippen molar-refractivity contribution in [2.24, 2.45) is 5.41 Å². The summed E-state index contributed by atoms with van der Waals surface area (Å²) in [5.74, 6) is 1.49. The van der Waals surface area contributed by atoms with Crippen molar-refractivity contribution < 1.29 is 14.3 Å². The molecule has 0 aliphatic heterocycles. The van der Waals surface area contributed by atoms with Crippen LogP contribution in [0.1, 0.15) is 48.9 Å². The van der Waals surface area contributed by atoms with E-state index in [2.05, 4.69) is 42.9 Å². The van der Waals surface area contributed by atoms with E-state index in [4.69, 9.17) is 9.47 Å². The lowest BCUT2D eigenvalue weighted by molar-refractivity contribution is -0.121. The lowest BCUT2D eigenvalue weighted by Gasteiger charge is -2.31. The molecule has 0 saturated heterocycles. The number of benzene rings is 2. The van der Waals surface area contributed by atoms with Crippen molar-refractivity contribution >= 4 is 17.2 Å². The van der Waals surface area contributed by atoms with E-state index in [1.54, 1.807) is 25.6 Å². The van der Waals surface area contributed by atoms with Crippen molar-refractivity contribution in [2.75, 3.05) is 20.8 Å². The highest BCUT2D eigenvalue weighted by Gasteiger charge is 2.27. The van der Waals surface area contributed by atoms with Gasteiger partial charge < -0.3 is 20.1 Å². The minimum Gasteiger partial charge on any atom is -0.497 e. The Labute approximate surface area is 194 Å². The number of rotatable bonds is 9. The predicted octanol–water partition coefficient (Wildman–Crippen LogP) is 5.35. The number of carbonyl (C=O) groups excluding carboxylic acids is 1. The topological polar surface area (TPSA) is 59.6 Å². The Morgan fingerprint density at radius 2 is 1.44 bits per heavy atom. The second-order valence-corrected chi connectivity index (χ2v) is 9.72. The number of ether oxygens (including phenoxy) is 2. The molecule has 5 nitrogen and oxygen atoms in total. The molecule has 1 amide bonds. The first kappa shape index (κ1) is 23.8. The SMILES string of the molecule is COc1ccc(C(NC(=O)CNC(c2cccs2)C(C)(C)C)c2ccc(OC)cc2)cc1. The molecule has 0 radical (unpaired) electrons. The molecule has 1 unspecified atom stereocenters. The molecule has 1 heterocycles. The molecule has 0 bridgehead atoms. The van der Waals surface area contributed by atoms with E-state index in [1.165, 1.54) is 4.88 Å². The summed E-state index contributed by atoms with van der Waals surface area (Å²) in [6.07, 6.45) is 0. The Balaban J connectivity index is 1.77. The average Bonchev–Trinajstić information content (AvgIpc) is 3.31. The normalized spacial score (nSPS) is 12.4. The van der Waals surface area contributed by atoms with Gasteiger partial charge in [0.05, 0.1) is 26.8 Å². The zero-order valence-electron chi connectivity index (χ0n) is 19.3. The van der Waals surface area contributed by atoms with Gasteiger partial charge >= 0.3 is 0 Å². The Bertz CT molecular complexity index is 930. The fourth-order valence-corrected chi connectivity index (χ4v) is 4.69. The largest absolute Gasteiger partial charge is 0.497 e. The summed E-state index contributed by atoms with van der Waals surface area (Å²) in [6.45, 7) is 6.77. The van der Waals surface area contributed by atoms with E-state index in [-0.39, 0.29) is 30.0 Å². The molecular weight excluding hydrogens is 420 g/mol. The monoisotopic (exact) mass is 452 g/mol. The Hall–Kier alpha value is -2.83. The molecular formula is C26H32N2O3S. The van der Waals surface area contributed by atoms with Gasteiger partial charge in [-0.2, -0.15) is 0 Å². The first-order valence-corrected chi connectivity index (χ1v) is 11.5. The second kappa shape index (κ2) is 10.7. The Morgan fingerprint density at radius 3 is 1.84 bits per heavy atom. The molecule has 1 atom stereocenters. The summed E-state index contributed by atoms with van der Waals surface area (Å²) in [7, 11) is 3.28. The highest BCUT2D eigenvalue weighted by atomic mass is 32.1. The third kappa shape index (κ3) is 6.11. The molecule has 0 aliphatic rings. The van der Waals surface area contributed by atoms with Crippen LogP contribution < -0.4 is 20.1 Å². The Morgan fingerprint density at radius 1 is 0.906 bits per heavy atom. The second-order valence-electron chi connectivity index (χ2n) is 8.74. The van der Waals surface area contributed by atoms with E-state index in [9.17, 15) is 4.79 Å². The van der Waals surface area contributed by atoms with Gasteiger partial charge in [0, 0.05) is 10.9 Å². The van der Waals surface area contributed by atoms with E-state index < -0.39 is 0 Å². The number of thiophene rings is 1. The van der Waals surface area contributed by atoms with E-state index >= 15 is 0 Å². The van der Waals surface area contributed by atoms with Crippen molar-refractivity contribution in [1.29, 1.82) is 0 Å². The predicted molar refractivity (Wildman–Crippen MR) is 130 cm³/mol. The van der Waals surface area contributed by atoms with Crippen LogP contribution in [0.3, 0.4) is 0 Å². The molecule has 1 aromatic heterocycles. The van der Waals surface area contributed by atoms with Gasteiger partial charge in [-0.25, -0.2) is 0 Å². The molecule has 0 aliphatic carbocycles. The minimum absolute atomic E-state index is 0.0174. The summed E-state index contributed by atoms with van der Waals surface area (Å²) in [5.41, 5.74) is 1.95. The third-order valence-corrected chi connectivity index (χ3v) is 6.30. The summed E-state index contributed by atoms with van der Waals surface area (Å²) < 4.78 is 10.6. The molecule has 0 fully saturated rings. The molecule has 2 aromatic carbocycles. The lowest BCUT2D eigenvalue weighted by atomic mass is 9.86. The van der Waals surface area contributed by atoms with Crippen LogP contribution in [0.2, 0.25) is 0 Å². The smallest absolute Gasteiger partial charge is 0.234 e. The maximum Gasteiger partial charge on any atom is 0.234 e. The maximum atomic E-state index is 13.0. The summed E-state index contributed by atoms with van der Waals surface area (Å²) in [4.78, 5) is 14.3. The number of hydrogen-bond donors (Lipinski definition) is 2. The molecule has 6 heteroatoms. The fraction of sp³-hybridized carbons (Fsp3) is 0.346. The number of carbonyl (C=O) groups is 1. The summed E-state index contributed by atoms with van der Waals surface area (Å²) >= 11 is 1.71. The molecule has 32 heavy (non-hydrogen) atoms. The first-order chi connectivity index (χ1) is 15.3. The molecule has 3 aromatic rings. The standard InChI is InChI=1S/C26H32N2O3S/c1-26(2,3)25(22-7-6-16-32-22)27-17-23(29)28-24(18-8-12-20(30-4)13-9-18)19-10-14-21(31-5)15-11-19/h6-16,24-25,27H,17H2,1-5H3,(H,28,29). The molecule has 3 rings (SSSR count). The number of hydrogen-bond acceptors (Lipinski definition) is 5. The summed E-state index contributed by atoms with van der Waals surface area (Å²) in [6, 6.07) is 19.5. The Kier molecular flexibility index (Phi) is 7.94. The van der Waals surface area contributed by atoms with Crippen LogP contribution in [0.25, 0.3) is 0 Å². The highest BCUT2D eigenvalue weighted by Crippen LogP contribution is 2.35. The van der Waals surface area contributed by atoms with Crippen LogP contribution in [0.4, 0.5) is 0 Å². The van der Waals surface area contributed by atoms with E-state index in [0.717, 1.165) is 22.6 Å². The van der Waals surface area contributed by atoms with Gasteiger partial charge in [0.1, 0.15) is 11.5 Å². The van der Waals surface area contributed by atoms with Gasteiger partial charge in [0.15, 0.2) is 0 Å². The van der Waals surface area contributed by atoms with Crippen molar-refractivity contribution in [3.05, 3.63) is 82.0 Å². The molecule has 0 spiro atoms. The van der Waals surface area contributed by atoms with Crippen LogP contribution >= 0.6 is 11.3 Å². The van der Waals surface area contributed by atoms with Gasteiger partial charge in [-0.05, 0) is 52.3 Å². The first-order valence-electron chi connectivity index (χ1n) is 10.7. The fourth-order valence-electron chi connectivity index (χ4n) is 3.65. The van der Waals surface area contributed by atoms with Crippen molar-refractivity contribution in [1.82, 2.24) is 10.6 Å². The lowest BCUT2D eigenvalue weighted by Crippen LogP contribution is -2.41. The number of nitrogens with one attached hydrogen (secondary N) is 2. The summed E-state index contributed by atoms with van der Waals surface area (Å²) in [5, 5.41) is 8.73. The van der Waals surface area contributed by atoms with Crippen LogP contribution in [-0.2, 0) is 4.79 Å². The quantitative estimate of drug-likeness (QED) is 0.460.